The standard InChI is InChI=1S/C11H14O3.Na/c1-7-4-5-8(2)11(9(7)3)14-6-10(12)13;/h4-5H,6H2,1-3H3,(H,12,13);/q;+1/p-1. The van der Waals surface area contributed by atoms with Crippen LogP contribution in [0.4, 0.5) is 0 Å². The van der Waals surface area contributed by atoms with Crippen LogP contribution in [0.3, 0.4) is 0 Å². The van der Waals surface area contributed by atoms with E-state index in [1.165, 1.54) is 0 Å². The van der Waals surface area contributed by atoms with E-state index in [1.807, 2.05) is 32.9 Å². The van der Waals surface area contributed by atoms with Crippen LogP contribution < -0.4 is 39.4 Å². The van der Waals surface area contributed by atoms with Gasteiger partial charge in [-0.05, 0) is 37.5 Å². The summed E-state index contributed by atoms with van der Waals surface area (Å²) in [6.45, 7) is 5.36. The van der Waals surface area contributed by atoms with Gasteiger partial charge in [0.05, 0.1) is 5.97 Å². The molecule has 0 unspecified atom stereocenters. The largest absolute Gasteiger partial charge is 1.00 e. The van der Waals surface area contributed by atoms with Crippen LogP contribution in [0.5, 0.6) is 5.75 Å². The van der Waals surface area contributed by atoms with E-state index in [1.54, 1.807) is 0 Å². The number of rotatable bonds is 3. The van der Waals surface area contributed by atoms with Crippen LogP contribution in [0.1, 0.15) is 16.7 Å². The Balaban J connectivity index is 0.00000196. The van der Waals surface area contributed by atoms with Crippen molar-refractivity contribution in [2.45, 2.75) is 20.8 Å². The SMILES string of the molecule is Cc1ccc(C)c(OCC(=O)[O-])c1C.[Na+]. The number of carboxylic acids is 1. The minimum Gasteiger partial charge on any atom is -0.546 e. The summed E-state index contributed by atoms with van der Waals surface area (Å²) in [5, 5.41) is 10.2. The van der Waals surface area contributed by atoms with Crippen LogP contribution in [0.2, 0.25) is 0 Å². The molecular formula is C11H13NaO3. The Labute approximate surface area is 112 Å². The third kappa shape index (κ3) is 3.86. The van der Waals surface area contributed by atoms with Crippen molar-refractivity contribution in [2.24, 2.45) is 0 Å². The molecule has 0 saturated carbocycles. The number of aryl methyl sites for hydroxylation is 2. The Hall–Kier alpha value is -0.510. The van der Waals surface area contributed by atoms with Crippen molar-refractivity contribution in [1.82, 2.24) is 0 Å². The topological polar surface area (TPSA) is 49.4 Å². The van der Waals surface area contributed by atoms with E-state index in [-0.39, 0.29) is 29.6 Å². The number of hydrogen-bond donors (Lipinski definition) is 0. The second-order valence-electron chi connectivity index (χ2n) is 3.31. The maximum absolute atomic E-state index is 10.2. The fraction of sp³-hybridized carbons (Fsp3) is 0.364. The molecule has 15 heavy (non-hydrogen) atoms. The van der Waals surface area contributed by atoms with Crippen LogP contribution in [-0.4, -0.2) is 12.6 Å². The molecule has 0 amide bonds. The van der Waals surface area contributed by atoms with Crippen LogP contribution in [0, 0.1) is 20.8 Å². The third-order valence-corrected chi connectivity index (χ3v) is 2.21. The van der Waals surface area contributed by atoms with Gasteiger partial charge in [-0.25, -0.2) is 0 Å². The molecule has 1 rings (SSSR count). The van der Waals surface area contributed by atoms with E-state index in [0.717, 1.165) is 16.7 Å². The molecule has 0 aliphatic heterocycles. The van der Waals surface area contributed by atoms with Crippen molar-refractivity contribution in [3.05, 3.63) is 28.8 Å². The first kappa shape index (κ1) is 14.5. The van der Waals surface area contributed by atoms with E-state index in [2.05, 4.69) is 0 Å². The number of benzene rings is 1. The van der Waals surface area contributed by atoms with Crippen molar-refractivity contribution in [2.75, 3.05) is 6.61 Å². The second-order valence-corrected chi connectivity index (χ2v) is 3.31. The average molecular weight is 216 g/mol. The van der Waals surface area contributed by atoms with Crippen LogP contribution in [0.25, 0.3) is 0 Å². The molecule has 3 nitrogen and oxygen atoms in total. The molecule has 0 aliphatic rings. The molecule has 0 N–H and O–H groups in total. The Kier molecular flexibility index (Phi) is 5.95. The molecule has 0 heterocycles. The molecule has 0 aromatic heterocycles. The van der Waals surface area contributed by atoms with Crippen molar-refractivity contribution in [3.63, 3.8) is 0 Å². The molecule has 0 radical (unpaired) electrons. The Bertz CT molecular complexity index is 361. The smallest absolute Gasteiger partial charge is 0.546 e. The quantitative estimate of drug-likeness (QED) is 0.536. The molecular weight excluding hydrogens is 203 g/mol. The van der Waals surface area contributed by atoms with Crippen molar-refractivity contribution in [3.8, 4) is 5.75 Å². The minimum atomic E-state index is -1.20. The first-order valence-corrected chi connectivity index (χ1v) is 4.42. The van der Waals surface area contributed by atoms with Crippen molar-refractivity contribution in [1.29, 1.82) is 0 Å². The number of aliphatic carboxylic acids is 1. The molecule has 4 heteroatoms. The fourth-order valence-electron chi connectivity index (χ4n) is 1.28. The van der Waals surface area contributed by atoms with Gasteiger partial charge in [-0.3, -0.25) is 0 Å². The van der Waals surface area contributed by atoms with Gasteiger partial charge in [-0.1, -0.05) is 12.1 Å². The van der Waals surface area contributed by atoms with Gasteiger partial charge >= 0.3 is 29.6 Å². The maximum atomic E-state index is 10.2. The number of ether oxygens (including phenoxy) is 1. The summed E-state index contributed by atoms with van der Waals surface area (Å²) in [5.74, 6) is -0.556. The predicted octanol–water partition coefficient (Wildman–Crippen LogP) is -2.26. The predicted molar refractivity (Wildman–Crippen MR) is 51.2 cm³/mol. The van der Waals surface area contributed by atoms with E-state index in [0.29, 0.717) is 5.75 Å². The van der Waals surface area contributed by atoms with E-state index >= 15 is 0 Å². The van der Waals surface area contributed by atoms with Gasteiger partial charge in [0.1, 0.15) is 12.4 Å². The Morgan fingerprint density at radius 3 is 2.33 bits per heavy atom. The molecule has 0 atom stereocenters. The summed E-state index contributed by atoms with van der Waals surface area (Å²) in [7, 11) is 0. The molecule has 0 bridgehead atoms. The third-order valence-electron chi connectivity index (χ3n) is 2.21. The summed E-state index contributed by atoms with van der Waals surface area (Å²) < 4.78 is 5.15. The molecule has 1 aromatic carbocycles. The molecule has 0 aliphatic carbocycles. The van der Waals surface area contributed by atoms with Crippen molar-refractivity contribution < 1.29 is 44.2 Å². The van der Waals surface area contributed by atoms with Crippen molar-refractivity contribution >= 4 is 5.97 Å². The molecule has 0 spiro atoms. The summed E-state index contributed by atoms with van der Waals surface area (Å²) in [5.41, 5.74) is 3.00. The Morgan fingerprint density at radius 1 is 1.27 bits per heavy atom. The van der Waals surface area contributed by atoms with E-state index < -0.39 is 12.6 Å². The van der Waals surface area contributed by atoms with Gasteiger partial charge < -0.3 is 14.6 Å². The Morgan fingerprint density at radius 2 is 1.80 bits per heavy atom. The second kappa shape index (κ2) is 6.16. The summed E-state index contributed by atoms with van der Waals surface area (Å²) in [6, 6.07) is 3.89. The van der Waals surface area contributed by atoms with Gasteiger partial charge in [-0.2, -0.15) is 0 Å². The zero-order valence-corrected chi connectivity index (χ0v) is 11.6. The zero-order valence-electron chi connectivity index (χ0n) is 9.59. The summed E-state index contributed by atoms with van der Waals surface area (Å²) >= 11 is 0. The normalized spacial score (nSPS) is 9.27. The number of hydrogen-bond acceptors (Lipinski definition) is 3. The van der Waals surface area contributed by atoms with Crippen LogP contribution in [0.15, 0.2) is 12.1 Å². The summed E-state index contributed by atoms with van der Waals surface area (Å²) in [4.78, 5) is 10.2. The van der Waals surface area contributed by atoms with Gasteiger partial charge in [-0.15, -0.1) is 0 Å². The fourth-order valence-corrected chi connectivity index (χ4v) is 1.28. The number of carbonyl (C=O) groups excluding carboxylic acids is 1. The van der Waals surface area contributed by atoms with E-state index in [4.69, 9.17) is 4.74 Å². The van der Waals surface area contributed by atoms with Gasteiger partial charge in [0, 0.05) is 0 Å². The maximum Gasteiger partial charge on any atom is 1.00 e. The van der Waals surface area contributed by atoms with Gasteiger partial charge in [0.25, 0.3) is 0 Å². The van der Waals surface area contributed by atoms with Crippen LogP contribution >= 0.6 is 0 Å². The number of carbonyl (C=O) groups is 1. The van der Waals surface area contributed by atoms with Crippen LogP contribution in [-0.2, 0) is 4.79 Å². The minimum absolute atomic E-state index is 0. The molecule has 1 aromatic rings. The molecule has 0 saturated heterocycles. The molecule has 0 fully saturated rings. The van der Waals surface area contributed by atoms with Gasteiger partial charge in [0.2, 0.25) is 0 Å². The van der Waals surface area contributed by atoms with E-state index in [9.17, 15) is 9.90 Å². The zero-order chi connectivity index (χ0) is 10.7. The molecule has 76 valence electrons. The first-order chi connectivity index (χ1) is 6.52. The monoisotopic (exact) mass is 216 g/mol. The van der Waals surface area contributed by atoms with Gasteiger partial charge in [0.15, 0.2) is 0 Å². The first-order valence-electron chi connectivity index (χ1n) is 4.42. The number of carboxylic acid groups (broad SMARTS) is 1. The average Bonchev–Trinajstić information content (AvgIpc) is 2.11. The summed E-state index contributed by atoms with van der Waals surface area (Å²) in [6.07, 6.45) is 0.